The van der Waals surface area contributed by atoms with Gasteiger partial charge in [-0.25, -0.2) is 10.8 Å². The third-order valence-electron chi connectivity index (χ3n) is 3.08. The van der Waals surface area contributed by atoms with Crippen LogP contribution in [0.3, 0.4) is 0 Å². The fourth-order valence-electron chi connectivity index (χ4n) is 2.11. The van der Waals surface area contributed by atoms with Gasteiger partial charge in [-0.05, 0) is 19.8 Å². The summed E-state index contributed by atoms with van der Waals surface area (Å²) in [5, 5.41) is 3.40. The van der Waals surface area contributed by atoms with E-state index in [1.165, 1.54) is 32.1 Å². The summed E-state index contributed by atoms with van der Waals surface area (Å²) in [6.07, 6.45) is 6.25. The van der Waals surface area contributed by atoms with Gasteiger partial charge in [-0.15, -0.1) is 0 Å². The van der Waals surface area contributed by atoms with Gasteiger partial charge in [-0.3, -0.25) is 5.43 Å². The molecule has 0 aromatic rings. The van der Waals surface area contributed by atoms with E-state index in [0.717, 1.165) is 0 Å². The predicted molar refractivity (Wildman–Crippen MR) is 66.1 cm³/mol. The first-order valence-corrected chi connectivity index (χ1v) is 5.98. The molecule has 0 spiro atoms. The van der Waals surface area contributed by atoms with Crippen molar-refractivity contribution in [1.29, 1.82) is 0 Å². The number of nitrogens with zero attached hydrogens (tertiary/aromatic N) is 1. The third-order valence-corrected chi connectivity index (χ3v) is 3.08. The molecule has 0 radical (unpaired) electrons. The molecule has 0 amide bonds. The van der Waals surface area contributed by atoms with Gasteiger partial charge in [0.2, 0.25) is 5.96 Å². The Morgan fingerprint density at radius 1 is 1.38 bits per heavy atom. The summed E-state index contributed by atoms with van der Waals surface area (Å²) >= 11 is 0. The van der Waals surface area contributed by atoms with Crippen LogP contribution in [0.1, 0.15) is 39.0 Å². The third kappa shape index (κ3) is 4.37. The maximum Gasteiger partial charge on any atom is 0.206 e. The molecule has 94 valence electrons. The lowest BCUT2D eigenvalue weighted by molar-refractivity contribution is 0.207. The minimum atomic E-state index is 0.135. The van der Waals surface area contributed by atoms with Crippen LogP contribution in [0.2, 0.25) is 0 Å². The molecule has 0 aliphatic heterocycles. The zero-order chi connectivity index (χ0) is 11.9. The molecule has 1 fully saturated rings. The summed E-state index contributed by atoms with van der Waals surface area (Å²) in [7, 11) is 1.67. The Labute approximate surface area is 97.8 Å². The van der Waals surface area contributed by atoms with E-state index in [4.69, 9.17) is 10.6 Å². The van der Waals surface area contributed by atoms with Crippen molar-refractivity contribution >= 4 is 5.96 Å². The number of guanidine groups is 1. The lowest BCUT2D eigenvalue weighted by Crippen LogP contribution is -2.53. The van der Waals surface area contributed by atoms with Gasteiger partial charge in [0.1, 0.15) is 0 Å². The fraction of sp³-hybridized carbons (Fsp3) is 0.909. The zero-order valence-corrected chi connectivity index (χ0v) is 10.4. The van der Waals surface area contributed by atoms with Gasteiger partial charge in [-0.1, -0.05) is 19.3 Å². The lowest BCUT2D eigenvalue weighted by Gasteiger charge is -2.35. The molecule has 0 aromatic carbocycles. The van der Waals surface area contributed by atoms with Crippen LogP contribution < -0.4 is 16.6 Å². The van der Waals surface area contributed by atoms with Crippen LogP contribution in [0.15, 0.2) is 4.99 Å². The van der Waals surface area contributed by atoms with Crippen molar-refractivity contribution in [3.8, 4) is 0 Å². The molecule has 0 heterocycles. The normalized spacial score (nSPS) is 20.6. The van der Waals surface area contributed by atoms with Gasteiger partial charge >= 0.3 is 0 Å². The monoisotopic (exact) mass is 228 g/mol. The van der Waals surface area contributed by atoms with Crippen molar-refractivity contribution in [1.82, 2.24) is 10.7 Å². The van der Waals surface area contributed by atoms with Crippen molar-refractivity contribution in [2.45, 2.75) is 44.6 Å². The highest BCUT2D eigenvalue weighted by Gasteiger charge is 2.27. The summed E-state index contributed by atoms with van der Waals surface area (Å²) in [6, 6.07) is 0. The fourth-order valence-corrected chi connectivity index (χ4v) is 2.11. The predicted octanol–water partition coefficient (Wildman–Crippen LogP) is 0.764. The van der Waals surface area contributed by atoms with Crippen LogP contribution in [-0.4, -0.2) is 31.8 Å². The highest BCUT2D eigenvalue weighted by molar-refractivity contribution is 5.79. The SMILES string of the molecule is COCCN=C(NN)NC1(C)CCCCC1. The summed E-state index contributed by atoms with van der Waals surface area (Å²) in [5.74, 6) is 6.11. The van der Waals surface area contributed by atoms with Crippen LogP contribution in [0, 0.1) is 0 Å². The van der Waals surface area contributed by atoms with Crippen molar-refractivity contribution in [2.75, 3.05) is 20.3 Å². The van der Waals surface area contributed by atoms with Crippen LogP contribution >= 0.6 is 0 Å². The summed E-state index contributed by atoms with van der Waals surface area (Å²) < 4.78 is 4.95. The van der Waals surface area contributed by atoms with Gasteiger partial charge in [0.25, 0.3) is 0 Å². The van der Waals surface area contributed by atoms with Crippen LogP contribution in [-0.2, 0) is 4.74 Å². The number of rotatable bonds is 4. The molecule has 16 heavy (non-hydrogen) atoms. The average molecular weight is 228 g/mol. The Balaban J connectivity index is 2.44. The van der Waals surface area contributed by atoms with E-state index in [0.29, 0.717) is 19.1 Å². The number of methoxy groups -OCH3 is 1. The second kappa shape index (κ2) is 6.70. The molecular weight excluding hydrogens is 204 g/mol. The molecule has 5 heteroatoms. The standard InChI is InChI=1S/C11H24N4O/c1-11(6-4-3-5-7-11)14-10(15-12)13-8-9-16-2/h3-9,12H2,1-2H3,(H2,13,14,15). The number of ether oxygens (including phenoxy) is 1. The van der Waals surface area contributed by atoms with E-state index in [9.17, 15) is 0 Å². The van der Waals surface area contributed by atoms with Crippen LogP contribution in [0.5, 0.6) is 0 Å². The van der Waals surface area contributed by atoms with Crippen LogP contribution in [0.25, 0.3) is 0 Å². The van der Waals surface area contributed by atoms with Crippen molar-refractivity contribution < 1.29 is 4.74 Å². The van der Waals surface area contributed by atoms with E-state index in [1.54, 1.807) is 7.11 Å². The molecule has 0 aromatic heterocycles. The van der Waals surface area contributed by atoms with Crippen molar-refractivity contribution in [3.63, 3.8) is 0 Å². The molecular formula is C11H24N4O. The quantitative estimate of drug-likeness (QED) is 0.218. The smallest absolute Gasteiger partial charge is 0.206 e. The van der Waals surface area contributed by atoms with E-state index < -0.39 is 0 Å². The highest BCUT2D eigenvalue weighted by atomic mass is 16.5. The maximum absolute atomic E-state index is 5.45. The molecule has 0 unspecified atom stereocenters. The Morgan fingerprint density at radius 2 is 2.06 bits per heavy atom. The molecule has 0 atom stereocenters. The number of aliphatic imine (C=N–C) groups is 1. The first kappa shape index (κ1) is 13.3. The molecule has 5 nitrogen and oxygen atoms in total. The van der Waals surface area contributed by atoms with E-state index in [1.807, 2.05) is 0 Å². The second-order valence-corrected chi connectivity index (χ2v) is 4.61. The minimum Gasteiger partial charge on any atom is -0.383 e. The van der Waals surface area contributed by atoms with E-state index in [2.05, 4.69) is 22.7 Å². The number of hydrogen-bond acceptors (Lipinski definition) is 3. The second-order valence-electron chi connectivity index (χ2n) is 4.61. The summed E-state index contributed by atoms with van der Waals surface area (Å²) in [4.78, 5) is 4.32. The van der Waals surface area contributed by atoms with Gasteiger partial charge < -0.3 is 10.1 Å². The van der Waals surface area contributed by atoms with Gasteiger partial charge in [0, 0.05) is 12.6 Å². The Morgan fingerprint density at radius 3 is 2.62 bits per heavy atom. The molecule has 1 saturated carbocycles. The maximum atomic E-state index is 5.45. The topological polar surface area (TPSA) is 71.7 Å². The van der Waals surface area contributed by atoms with Gasteiger partial charge in [0.05, 0.1) is 13.2 Å². The molecule has 1 aliphatic carbocycles. The molecule has 1 rings (SSSR count). The molecule has 0 bridgehead atoms. The Hall–Kier alpha value is -0.810. The molecule has 4 N–H and O–H groups in total. The van der Waals surface area contributed by atoms with Crippen LogP contribution in [0.4, 0.5) is 0 Å². The minimum absolute atomic E-state index is 0.135. The first-order valence-electron chi connectivity index (χ1n) is 5.98. The lowest BCUT2D eigenvalue weighted by atomic mass is 9.83. The number of nitrogens with two attached hydrogens (primary N) is 1. The van der Waals surface area contributed by atoms with Crippen molar-refractivity contribution in [2.24, 2.45) is 10.8 Å². The molecule has 0 saturated heterocycles. The average Bonchev–Trinajstić information content (AvgIpc) is 2.29. The Kier molecular flexibility index (Phi) is 5.55. The van der Waals surface area contributed by atoms with Gasteiger partial charge in [0.15, 0.2) is 0 Å². The Bertz CT molecular complexity index is 224. The van der Waals surface area contributed by atoms with E-state index in [-0.39, 0.29) is 5.54 Å². The number of hydrazine groups is 1. The van der Waals surface area contributed by atoms with Gasteiger partial charge in [-0.2, -0.15) is 0 Å². The number of hydrogen-bond donors (Lipinski definition) is 3. The highest BCUT2D eigenvalue weighted by Crippen LogP contribution is 2.27. The number of nitrogens with one attached hydrogen (secondary N) is 2. The largest absolute Gasteiger partial charge is 0.383 e. The summed E-state index contributed by atoms with van der Waals surface area (Å²) in [6.45, 7) is 3.47. The summed E-state index contributed by atoms with van der Waals surface area (Å²) in [5.41, 5.74) is 2.75. The zero-order valence-electron chi connectivity index (χ0n) is 10.4. The van der Waals surface area contributed by atoms with E-state index >= 15 is 0 Å². The first-order chi connectivity index (χ1) is 7.70. The van der Waals surface area contributed by atoms with Crippen molar-refractivity contribution in [3.05, 3.63) is 0 Å². The molecule has 1 aliphatic rings.